The second-order valence-corrected chi connectivity index (χ2v) is 15.8. The van der Waals surface area contributed by atoms with Crippen molar-refractivity contribution in [2.24, 2.45) is 0 Å². The van der Waals surface area contributed by atoms with Gasteiger partial charge in [-0.1, -0.05) is 54.8 Å². The Morgan fingerprint density at radius 3 is 2.12 bits per heavy atom. The van der Waals surface area contributed by atoms with Gasteiger partial charge in [0.25, 0.3) is 0 Å². The first kappa shape index (κ1) is 16.5. The summed E-state index contributed by atoms with van der Waals surface area (Å²) in [4.78, 5) is 0. The van der Waals surface area contributed by atoms with Crippen LogP contribution in [0.5, 0.6) is 0 Å². The monoisotopic (exact) mass is 354 g/mol. The third-order valence-electron chi connectivity index (χ3n) is 3.49. The van der Waals surface area contributed by atoms with Crippen LogP contribution in [0.3, 0.4) is 0 Å². The summed E-state index contributed by atoms with van der Waals surface area (Å²) in [5, 5.41) is 1.18. The van der Waals surface area contributed by atoms with Crippen LogP contribution in [0.15, 0.2) is 0 Å². The Morgan fingerprint density at radius 2 is 1.59 bits per heavy atom. The van der Waals surface area contributed by atoms with Gasteiger partial charge < -0.3 is 0 Å². The molecule has 4 heteroatoms. The van der Waals surface area contributed by atoms with Crippen molar-refractivity contribution >= 4 is 47.5 Å². The number of hydrogen-bond acceptors (Lipinski definition) is 2. The van der Waals surface area contributed by atoms with Gasteiger partial charge in [0.2, 0.25) is 0 Å². The Kier molecular flexibility index (Phi) is 7.60. The van der Waals surface area contributed by atoms with Crippen molar-refractivity contribution in [2.45, 2.75) is 61.9 Å². The highest BCUT2D eigenvalue weighted by Crippen LogP contribution is 2.51. The van der Waals surface area contributed by atoms with Crippen molar-refractivity contribution in [2.75, 3.05) is 16.8 Å². The van der Waals surface area contributed by atoms with E-state index in [2.05, 4.69) is 59.1 Å². The van der Waals surface area contributed by atoms with Crippen LogP contribution in [0.25, 0.3) is 0 Å². The molecule has 17 heavy (non-hydrogen) atoms. The van der Waals surface area contributed by atoms with E-state index in [0.717, 1.165) is 0 Å². The third kappa shape index (κ3) is 5.11. The maximum Gasteiger partial charge on any atom is 0.0752 e. The molecular formula is C13H27BrS2Si. The summed E-state index contributed by atoms with van der Waals surface area (Å²) in [5.41, 5.74) is 0. The first-order valence-electron chi connectivity index (χ1n) is 6.86. The predicted molar refractivity (Wildman–Crippen MR) is 92.5 cm³/mol. The van der Waals surface area contributed by atoms with Gasteiger partial charge in [-0.15, -0.1) is 23.5 Å². The lowest BCUT2D eigenvalue weighted by molar-refractivity contribution is 0.640. The molecule has 0 saturated carbocycles. The number of unbranched alkanes of at least 4 members (excludes halogenated alkanes) is 3. The average molecular weight is 355 g/mol. The van der Waals surface area contributed by atoms with Crippen LogP contribution in [-0.4, -0.2) is 28.6 Å². The topological polar surface area (TPSA) is 0 Å². The molecule has 0 spiro atoms. The minimum absolute atomic E-state index is 0.625. The molecule has 0 unspecified atom stereocenters. The lowest BCUT2D eigenvalue weighted by Gasteiger charge is -2.45. The summed E-state index contributed by atoms with van der Waals surface area (Å²) in [5.74, 6) is 2.80. The Labute approximate surface area is 126 Å². The Hall–Kier alpha value is 1.40. The van der Waals surface area contributed by atoms with Gasteiger partial charge in [0.05, 0.1) is 11.8 Å². The van der Waals surface area contributed by atoms with Crippen LogP contribution >= 0.6 is 39.5 Å². The molecule has 0 amide bonds. The fraction of sp³-hybridized carbons (Fsp3) is 1.00. The summed E-state index contributed by atoms with van der Waals surface area (Å²) >= 11 is 8.11. The second kappa shape index (κ2) is 7.86. The van der Waals surface area contributed by atoms with Gasteiger partial charge in [-0.05, 0) is 30.8 Å². The Bertz CT molecular complexity index is 210. The molecule has 1 aliphatic rings. The van der Waals surface area contributed by atoms with Crippen LogP contribution in [-0.2, 0) is 0 Å². The van der Waals surface area contributed by atoms with E-state index in [4.69, 9.17) is 0 Å². The third-order valence-corrected chi connectivity index (χ3v) is 14.2. The standard InChI is InChI=1S/C13H27BrS2Si/c1-17(2,3)13(15-11-8-12-16-13)9-6-4-5-7-10-14/h4-12H2,1-3H3. The predicted octanol–water partition coefficient (Wildman–Crippen LogP) is 5.78. The van der Waals surface area contributed by atoms with Crippen molar-refractivity contribution in [3.63, 3.8) is 0 Å². The molecule has 0 nitrogen and oxygen atoms in total. The summed E-state index contributed by atoms with van der Waals surface area (Å²) in [6.07, 6.45) is 8.50. The van der Waals surface area contributed by atoms with E-state index in [1.165, 1.54) is 55.4 Å². The molecule has 0 bridgehead atoms. The van der Waals surface area contributed by atoms with Gasteiger partial charge in [-0.3, -0.25) is 0 Å². The quantitative estimate of drug-likeness (QED) is 0.323. The fourth-order valence-electron chi connectivity index (χ4n) is 2.33. The lowest BCUT2D eigenvalue weighted by atomic mass is 10.2. The van der Waals surface area contributed by atoms with Gasteiger partial charge >= 0.3 is 0 Å². The molecule has 1 rings (SSSR count). The molecule has 1 saturated heterocycles. The minimum atomic E-state index is -1.06. The van der Waals surface area contributed by atoms with Gasteiger partial charge in [0, 0.05) is 5.33 Å². The normalized spacial score (nSPS) is 20.5. The van der Waals surface area contributed by atoms with E-state index < -0.39 is 8.07 Å². The zero-order valence-electron chi connectivity index (χ0n) is 11.6. The van der Waals surface area contributed by atoms with Gasteiger partial charge in [-0.2, -0.15) is 0 Å². The van der Waals surface area contributed by atoms with Crippen molar-refractivity contribution in [1.82, 2.24) is 0 Å². The highest BCUT2D eigenvalue weighted by molar-refractivity contribution is 9.09. The Morgan fingerprint density at radius 1 is 1.00 bits per heavy atom. The molecule has 0 atom stereocenters. The fourth-order valence-corrected chi connectivity index (χ4v) is 10.6. The number of alkyl halides is 1. The molecule has 1 fully saturated rings. The maximum absolute atomic E-state index is 3.52. The van der Waals surface area contributed by atoms with Gasteiger partial charge in [-0.25, -0.2) is 0 Å². The molecule has 1 aliphatic heterocycles. The largest absolute Gasteiger partial charge is 0.148 e. The van der Waals surface area contributed by atoms with Crippen molar-refractivity contribution in [1.29, 1.82) is 0 Å². The first-order valence-corrected chi connectivity index (χ1v) is 13.4. The van der Waals surface area contributed by atoms with Gasteiger partial charge in [0.15, 0.2) is 0 Å². The van der Waals surface area contributed by atoms with Crippen LogP contribution in [0.1, 0.15) is 38.5 Å². The van der Waals surface area contributed by atoms with E-state index in [0.29, 0.717) is 3.70 Å². The zero-order valence-corrected chi connectivity index (χ0v) is 15.8. The average Bonchev–Trinajstić information content (AvgIpc) is 2.29. The molecule has 102 valence electrons. The van der Waals surface area contributed by atoms with Crippen molar-refractivity contribution in [3.8, 4) is 0 Å². The summed E-state index contributed by atoms with van der Waals surface area (Å²) in [6, 6.07) is 0. The molecule has 0 aromatic carbocycles. The van der Waals surface area contributed by atoms with E-state index in [-0.39, 0.29) is 0 Å². The van der Waals surface area contributed by atoms with E-state index >= 15 is 0 Å². The van der Waals surface area contributed by atoms with Crippen LogP contribution in [0.4, 0.5) is 0 Å². The summed E-state index contributed by atoms with van der Waals surface area (Å²) < 4.78 is 0.625. The van der Waals surface area contributed by atoms with Crippen molar-refractivity contribution < 1.29 is 0 Å². The molecule has 0 aromatic heterocycles. The Balaban J connectivity index is 2.41. The van der Waals surface area contributed by atoms with E-state index in [1.54, 1.807) is 0 Å². The number of halogens is 1. The lowest BCUT2D eigenvalue weighted by Crippen LogP contribution is -2.48. The van der Waals surface area contributed by atoms with E-state index in [9.17, 15) is 0 Å². The molecule has 0 radical (unpaired) electrons. The first-order chi connectivity index (χ1) is 8.02. The second-order valence-electron chi connectivity index (χ2n) is 5.91. The highest BCUT2D eigenvalue weighted by Gasteiger charge is 2.44. The number of rotatable bonds is 7. The molecule has 0 N–H and O–H groups in total. The molecular weight excluding hydrogens is 328 g/mol. The van der Waals surface area contributed by atoms with Crippen LogP contribution in [0, 0.1) is 0 Å². The maximum atomic E-state index is 3.52. The van der Waals surface area contributed by atoms with Gasteiger partial charge in [0.1, 0.15) is 0 Å². The smallest absolute Gasteiger partial charge is 0.0752 e. The SMILES string of the molecule is C[Si](C)(C)C1(CCCCCCBr)SCCCS1. The van der Waals surface area contributed by atoms with Crippen LogP contribution in [0.2, 0.25) is 19.6 Å². The summed E-state index contributed by atoms with van der Waals surface area (Å²) in [7, 11) is -1.06. The molecule has 1 heterocycles. The van der Waals surface area contributed by atoms with Crippen molar-refractivity contribution in [3.05, 3.63) is 0 Å². The van der Waals surface area contributed by atoms with E-state index in [1.807, 2.05) is 0 Å². The highest BCUT2D eigenvalue weighted by atomic mass is 79.9. The zero-order chi connectivity index (χ0) is 12.8. The van der Waals surface area contributed by atoms with Crippen LogP contribution < -0.4 is 0 Å². The number of thioether (sulfide) groups is 2. The molecule has 0 aromatic rings. The molecule has 0 aliphatic carbocycles. The minimum Gasteiger partial charge on any atom is -0.148 e. The number of hydrogen-bond donors (Lipinski definition) is 0. The summed E-state index contributed by atoms with van der Waals surface area (Å²) in [6.45, 7) is 7.70.